The highest BCUT2D eigenvalue weighted by Gasteiger charge is 2.42. The minimum Gasteiger partial charge on any atom is -0.351 e. The molecule has 4 nitrogen and oxygen atoms in total. The van der Waals surface area contributed by atoms with Gasteiger partial charge in [0.2, 0.25) is 0 Å². The van der Waals surface area contributed by atoms with Crippen LogP contribution in [0.1, 0.15) is 23.5 Å². The lowest BCUT2D eigenvalue weighted by Crippen LogP contribution is -2.30. The first-order valence-corrected chi connectivity index (χ1v) is 10.9. The molecule has 1 aliphatic rings. The average Bonchev–Trinajstić information content (AvgIpc) is 3.39. The minimum absolute atomic E-state index is 0.0521. The summed E-state index contributed by atoms with van der Waals surface area (Å²) in [6.07, 6.45) is 3.92. The van der Waals surface area contributed by atoms with E-state index in [4.69, 9.17) is 12.2 Å². The van der Waals surface area contributed by atoms with Crippen LogP contribution in [0.5, 0.6) is 0 Å². The largest absolute Gasteiger partial charge is 0.351 e. The zero-order valence-corrected chi connectivity index (χ0v) is 18.4. The van der Waals surface area contributed by atoms with Crippen molar-refractivity contribution in [3.8, 4) is 5.69 Å². The lowest BCUT2D eigenvalue weighted by molar-refractivity contribution is 0.549. The Balaban J connectivity index is 1.67. The van der Waals surface area contributed by atoms with Gasteiger partial charge in [0.1, 0.15) is 6.04 Å². The highest BCUT2D eigenvalue weighted by atomic mass is 79.9. The van der Waals surface area contributed by atoms with Crippen molar-refractivity contribution in [2.45, 2.75) is 12.1 Å². The van der Waals surface area contributed by atoms with Gasteiger partial charge in [-0.3, -0.25) is 4.98 Å². The number of nitrogens with one attached hydrogen (secondary N) is 1. The fraction of sp³-hybridized carbons (Fsp3) is 0.0833. The number of anilines is 1. The Bertz CT molecular complexity index is 1180. The minimum atomic E-state index is -0.0697. The molecule has 1 N–H and O–H groups in total. The summed E-state index contributed by atoms with van der Waals surface area (Å²) in [7, 11) is 0. The Labute approximate surface area is 189 Å². The van der Waals surface area contributed by atoms with Crippen molar-refractivity contribution in [3.63, 3.8) is 0 Å². The summed E-state index contributed by atoms with van der Waals surface area (Å²) in [5, 5.41) is 4.22. The fourth-order valence-corrected chi connectivity index (χ4v) is 4.75. The van der Waals surface area contributed by atoms with Crippen molar-refractivity contribution >= 4 is 38.9 Å². The average molecular weight is 475 g/mol. The number of hydrogen-bond acceptors (Lipinski definition) is 2. The maximum absolute atomic E-state index is 5.80. The van der Waals surface area contributed by atoms with E-state index in [0.29, 0.717) is 5.11 Å². The van der Waals surface area contributed by atoms with Gasteiger partial charge in [0, 0.05) is 33.9 Å². The third kappa shape index (κ3) is 3.42. The first-order valence-electron chi connectivity index (χ1n) is 9.71. The van der Waals surface area contributed by atoms with Crippen molar-refractivity contribution in [1.82, 2.24) is 14.9 Å². The molecule has 3 heterocycles. The number of para-hydroxylation sites is 1. The van der Waals surface area contributed by atoms with Crippen LogP contribution in [0.3, 0.4) is 0 Å². The van der Waals surface area contributed by atoms with Gasteiger partial charge >= 0.3 is 0 Å². The molecular weight excluding hydrogens is 456 g/mol. The maximum Gasteiger partial charge on any atom is 0.174 e. The quantitative estimate of drug-likeness (QED) is 0.378. The van der Waals surface area contributed by atoms with Crippen molar-refractivity contribution in [1.29, 1.82) is 0 Å². The number of benzene rings is 2. The van der Waals surface area contributed by atoms with Gasteiger partial charge in [0.25, 0.3) is 0 Å². The first kappa shape index (κ1) is 19.0. The molecule has 2 aromatic heterocycles. The van der Waals surface area contributed by atoms with Crippen LogP contribution in [0.2, 0.25) is 0 Å². The number of pyridine rings is 1. The molecule has 1 aliphatic heterocycles. The van der Waals surface area contributed by atoms with E-state index < -0.39 is 0 Å². The molecule has 0 unspecified atom stereocenters. The number of nitrogens with zero attached hydrogens (tertiary/aromatic N) is 3. The van der Waals surface area contributed by atoms with E-state index in [1.807, 2.05) is 54.7 Å². The van der Waals surface area contributed by atoms with E-state index in [-0.39, 0.29) is 12.1 Å². The Hall–Kier alpha value is -2.96. The molecule has 4 aromatic rings. The van der Waals surface area contributed by atoms with Crippen LogP contribution in [-0.2, 0) is 0 Å². The lowest BCUT2D eigenvalue weighted by atomic mass is 10.0. The Kier molecular flexibility index (Phi) is 5.11. The molecule has 30 heavy (non-hydrogen) atoms. The summed E-state index contributed by atoms with van der Waals surface area (Å²) in [6, 6.07) is 28.7. The van der Waals surface area contributed by atoms with Crippen molar-refractivity contribution in [2.24, 2.45) is 0 Å². The van der Waals surface area contributed by atoms with Crippen molar-refractivity contribution in [2.75, 3.05) is 4.90 Å². The van der Waals surface area contributed by atoms with Crippen LogP contribution in [-0.4, -0.2) is 14.7 Å². The van der Waals surface area contributed by atoms with Gasteiger partial charge in [0.05, 0.1) is 11.7 Å². The van der Waals surface area contributed by atoms with E-state index in [2.05, 4.69) is 78.3 Å². The van der Waals surface area contributed by atoms with E-state index in [9.17, 15) is 0 Å². The zero-order chi connectivity index (χ0) is 20.5. The molecule has 1 saturated heterocycles. The molecule has 0 spiro atoms. The summed E-state index contributed by atoms with van der Waals surface area (Å²) < 4.78 is 3.26. The third-order valence-electron chi connectivity index (χ3n) is 5.30. The molecule has 5 rings (SSSR count). The van der Waals surface area contributed by atoms with Crippen LogP contribution in [0.25, 0.3) is 5.69 Å². The molecule has 6 heteroatoms. The number of halogens is 1. The summed E-state index contributed by atoms with van der Waals surface area (Å²) in [4.78, 5) is 6.83. The van der Waals surface area contributed by atoms with Crippen LogP contribution < -0.4 is 10.2 Å². The second-order valence-electron chi connectivity index (χ2n) is 7.12. The maximum atomic E-state index is 5.80. The molecule has 0 radical (unpaired) electrons. The molecule has 2 aromatic carbocycles. The number of hydrogen-bond donors (Lipinski definition) is 1. The number of aromatic nitrogens is 2. The Morgan fingerprint density at radius 1 is 0.867 bits per heavy atom. The third-order valence-corrected chi connectivity index (χ3v) is 6.11. The van der Waals surface area contributed by atoms with Gasteiger partial charge in [-0.05, 0) is 66.8 Å². The highest BCUT2D eigenvalue weighted by molar-refractivity contribution is 9.10. The van der Waals surface area contributed by atoms with E-state index in [0.717, 1.165) is 27.2 Å². The number of rotatable bonds is 4. The summed E-state index contributed by atoms with van der Waals surface area (Å²) in [6.45, 7) is 0. The highest BCUT2D eigenvalue weighted by Crippen LogP contribution is 2.42. The van der Waals surface area contributed by atoms with E-state index in [1.54, 1.807) is 0 Å². The molecule has 0 amide bonds. The number of thiocarbonyl (C=S) groups is 1. The Morgan fingerprint density at radius 2 is 1.67 bits per heavy atom. The molecular formula is C24H19BrN4S. The second-order valence-corrected chi connectivity index (χ2v) is 8.42. The molecule has 0 aliphatic carbocycles. The van der Waals surface area contributed by atoms with Crippen LogP contribution in [0, 0.1) is 0 Å². The van der Waals surface area contributed by atoms with Gasteiger partial charge in [-0.1, -0.05) is 46.3 Å². The monoisotopic (exact) mass is 474 g/mol. The van der Waals surface area contributed by atoms with Crippen LogP contribution >= 0.6 is 28.1 Å². The second kappa shape index (κ2) is 8.05. The topological polar surface area (TPSA) is 33.1 Å². The van der Waals surface area contributed by atoms with Crippen molar-refractivity contribution < 1.29 is 0 Å². The normalized spacial score (nSPS) is 18.4. The lowest BCUT2D eigenvalue weighted by Gasteiger charge is -2.29. The summed E-state index contributed by atoms with van der Waals surface area (Å²) in [5.41, 5.74) is 4.25. The van der Waals surface area contributed by atoms with Gasteiger partial charge in [0.15, 0.2) is 5.11 Å². The van der Waals surface area contributed by atoms with Gasteiger partial charge in [-0.25, -0.2) is 0 Å². The zero-order valence-electron chi connectivity index (χ0n) is 16.0. The Morgan fingerprint density at radius 3 is 2.43 bits per heavy atom. The fourth-order valence-electron chi connectivity index (χ4n) is 4.02. The van der Waals surface area contributed by atoms with Crippen LogP contribution in [0.4, 0.5) is 5.69 Å². The SMILES string of the molecule is S=C1N[C@H](c2ccccn2)[C@@H](c2cccn2-c2cccc(Br)c2)N1c1ccccc1. The molecule has 148 valence electrons. The van der Waals surface area contributed by atoms with E-state index in [1.165, 1.54) is 0 Å². The summed E-state index contributed by atoms with van der Waals surface area (Å²) in [5.74, 6) is 0. The predicted octanol–water partition coefficient (Wildman–Crippen LogP) is 5.81. The van der Waals surface area contributed by atoms with Gasteiger partial charge < -0.3 is 14.8 Å². The summed E-state index contributed by atoms with van der Waals surface area (Å²) >= 11 is 9.40. The molecule has 0 bridgehead atoms. The standard InChI is InChI=1S/C24H19BrN4S/c25-17-8-6-11-19(16-17)28-15-7-13-21(28)23-22(20-12-4-5-14-26-20)27-24(30)29(23)18-9-2-1-3-10-18/h1-16,22-23H,(H,27,30)/t22-,23-/m1/s1. The van der Waals surface area contributed by atoms with Gasteiger partial charge in [-0.15, -0.1) is 0 Å². The molecule has 2 atom stereocenters. The van der Waals surface area contributed by atoms with E-state index >= 15 is 0 Å². The molecule has 0 saturated carbocycles. The van der Waals surface area contributed by atoms with Crippen LogP contribution in [0.15, 0.2) is 102 Å². The smallest absolute Gasteiger partial charge is 0.174 e. The first-order chi connectivity index (χ1) is 14.7. The van der Waals surface area contributed by atoms with Crippen molar-refractivity contribution in [3.05, 3.63) is 113 Å². The molecule has 1 fully saturated rings. The van der Waals surface area contributed by atoms with Gasteiger partial charge in [-0.2, -0.15) is 0 Å². The predicted molar refractivity (Wildman–Crippen MR) is 128 cm³/mol.